The number of benzene rings is 3. The number of carboxylic acid groups (broad SMARTS) is 1. The molecule has 1 saturated carbocycles. The summed E-state index contributed by atoms with van der Waals surface area (Å²) in [7, 11) is -2.12. The Bertz CT molecular complexity index is 1420. The van der Waals surface area contributed by atoms with E-state index in [2.05, 4.69) is 4.90 Å². The van der Waals surface area contributed by atoms with Gasteiger partial charge in [-0.1, -0.05) is 37.1 Å². The lowest BCUT2D eigenvalue weighted by Gasteiger charge is -2.44. The van der Waals surface area contributed by atoms with Crippen molar-refractivity contribution >= 4 is 27.4 Å². The van der Waals surface area contributed by atoms with E-state index in [1.807, 2.05) is 30.3 Å². The molecular formula is C26H24N2O5S. The van der Waals surface area contributed by atoms with Crippen molar-refractivity contribution in [2.24, 2.45) is 5.92 Å². The van der Waals surface area contributed by atoms with Crippen molar-refractivity contribution in [2.75, 3.05) is 11.9 Å². The molecule has 0 unspecified atom stereocenters. The Morgan fingerprint density at radius 2 is 1.82 bits per heavy atom. The molecule has 0 aromatic heterocycles. The van der Waals surface area contributed by atoms with Gasteiger partial charge in [0.05, 0.1) is 11.3 Å². The van der Waals surface area contributed by atoms with E-state index in [0.29, 0.717) is 35.1 Å². The largest absolute Gasteiger partial charge is 0.488 e. The molecule has 3 aliphatic rings. The van der Waals surface area contributed by atoms with E-state index in [0.717, 1.165) is 30.5 Å². The number of hydrogen-bond donors (Lipinski definition) is 1. The number of nitrogens with zero attached hydrogens (tertiary/aromatic N) is 2. The Morgan fingerprint density at radius 3 is 2.53 bits per heavy atom. The summed E-state index contributed by atoms with van der Waals surface area (Å²) >= 11 is 0. The molecule has 7 nitrogen and oxygen atoms in total. The smallest absolute Gasteiger partial charge is 0.335 e. The maximum Gasteiger partial charge on any atom is 0.335 e. The minimum atomic E-state index is -3.77. The minimum absolute atomic E-state index is 0.153. The zero-order valence-corrected chi connectivity index (χ0v) is 19.5. The van der Waals surface area contributed by atoms with E-state index < -0.39 is 16.0 Å². The predicted molar refractivity (Wildman–Crippen MR) is 128 cm³/mol. The molecule has 0 bridgehead atoms. The molecule has 1 atom stereocenters. The topological polar surface area (TPSA) is 87.2 Å². The van der Waals surface area contributed by atoms with Crippen LogP contribution < -0.4 is 9.64 Å². The molecule has 2 aliphatic heterocycles. The summed E-state index contributed by atoms with van der Waals surface area (Å²) in [6, 6.07) is 18.1. The van der Waals surface area contributed by atoms with Gasteiger partial charge in [0.2, 0.25) is 10.0 Å². The number of aromatic carboxylic acids is 1. The highest BCUT2D eigenvalue weighted by molar-refractivity contribution is 7.89. The number of para-hydroxylation sites is 1. The van der Waals surface area contributed by atoms with Crippen molar-refractivity contribution < 1.29 is 23.1 Å². The summed E-state index contributed by atoms with van der Waals surface area (Å²) in [6.07, 6.45) is 2.67. The van der Waals surface area contributed by atoms with Gasteiger partial charge < -0.3 is 14.7 Å². The lowest BCUT2D eigenvalue weighted by Crippen LogP contribution is -2.51. The molecule has 8 heteroatoms. The molecule has 34 heavy (non-hydrogen) atoms. The molecule has 0 amide bonds. The summed E-state index contributed by atoms with van der Waals surface area (Å²) < 4.78 is 35.0. The summed E-state index contributed by atoms with van der Waals surface area (Å²) in [5.74, 6) is 0.0459. The van der Waals surface area contributed by atoms with Crippen LogP contribution in [0.5, 0.6) is 5.75 Å². The number of hydrogen-bond acceptors (Lipinski definition) is 5. The van der Waals surface area contributed by atoms with Gasteiger partial charge in [-0.2, -0.15) is 4.31 Å². The maximum atomic E-state index is 13.7. The monoisotopic (exact) mass is 476 g/mol. The van der Waals surface area contributed by atoms with Gasteiger partial charge >= 0.3 is 5.97 Å². The fourth-order valence-electron chi connectivity index (χ4n) is 4.96. The number of carboxylic acids is 1. The quantitative estimate of drug-likeness (QED) is 0.580. The maximum absolute atomic E-state index is 13.7. The number of sulfonamides is 1. The second kappa shape index (κ2) is 7.58. The number of anilines is 2. The van der Waals surface area contributed by atoms with E-state index in [9.17, 15) is 18.3 Å². The highest BCUT2D eigenvalue weighted by Gasteiger charge is 2.44. The molecule has 1 aliphatic carbocycles. The third-order valence-electron chi connectivity index (χ3n) is 7.00. The molecule has 0 saturated heterocycles. The number of carbonyl (C=O) groups is 1. The first-order valence-corrected chi connectivity index (χ1v) is 12.8. The Balaban J connectivity index is 1.58. The third kappa shape index (κ3) is 3.28. The van der Waals surface area contributed by atoms with Crippen LogP contribution in [0.15, 0.2) is 65.6 Å². The normalized spacial score (nSPS) is 20.6. The lowest BCUT2D eigenvalue weighted by molar-refractivity contribution is 0.0697. The van der Waals surface area contributed by atoms with E-state index >= 15 is 0 Å². The van der Waals surface area contributed by atoms with Crippen molar-refractivity contribution in [1.29, 1.82) is 0 Å². The van der Waals surface area contributed by atoms with E-state index in [1.165, 1.54) is 10.4 Å². The average Bonchev–Trinajstić information content (AvgIpc) is 3.66. The highest BCUT2D eigenvalue weighted by Crippen LogP contribution is 2.50. The van der Waals surface area contributed by atoms with Crippen LogP contribution >= 0.6 is 0 Å². The van der Waals surface area contributed by atoms with Crippen LogP contribution in [0.2, 0.25) is 0 Å². The van der Waals surface area contributed by atoms with Gasteiger partial charge in [-0.25, -0.2) is 13.2 Å². The molecule has 174 valence electrons. The van der Waals surface area contributed by atoms with Crippen LogP contribution in [0.25, 0.3) is 11.1 Å². The number of ether oxygens (including phenoxy) is 1. The van der Waals surface area contributed by atoms with Crippen molar-refractivity contribution in [1.82, 2.24) is 4.31 Å². The van der Waals surface area contributed by atoms with E-state index in [1.54, 1.807) is 31.3 Å². The minimum Gasteiger partial charge on any atom is -0.488 e. The summed E-state index contributed by atoms with van der Waals surface area (Å²) in [4.78, 5) is 13.9. The molecule has 6 rings (SSSR count). The second-order valence-electron chi connectivity index (χ2n) is 9.17. The third-order valence-corrected chi connectivity index (χ3v) is 8.89. The van der Waals surface area contributed by atoms with Gasteiger partial charge in [0, 0.05) is 24.4 Å². The molecule has 0 radical (unpaired) electrons. The second-order valence-corrected chi connectivity index (χ2v) is 11.1. The Morgan fingerprint density at radius 1 is 1.06 bits per heavy atom. The predicted octanol–water partition coefficient (Wildman–Crippen LogP) is 4.84. The fourth-order valence-corrected chi connectivity index (χ4v) is 6.46. The van der Waals surface area contributed by atoms with E-state index in [-0.39, 0.29) is 16.6 Å². The van der Waals surface area contributed by atoms with Crippen LogP contribution in [0.3, 0.4) is 0 Å². The van der Waals surface area contributed by atoms with Crippen LogP contribution in [0.1, 0.15) is 35.2 Å². The molecule has 2 heterocycles. The molecule has 1 fully saturated rings. The Labute approximate surface area is 198 Å². The van der Waals surface area contributed by atoms with Crippen LogP contribution in [-0.2, 0) is 16.6 Å². The van der Waals surface area contributed by atoms with Gasteiger partial charge in [-0.05, 0) is 53.8 Å². The summed E-state index contributed by atoms with van der Waals surface area (Å²) in [5.41, 5.74) is 3.76. The molecule has 1 N–H and O–H groups in total. The highest BCUT2D eigenvalue weighted by atomic mass is 32.2. The van der Waals surface area contributed by atoms with Crippen LogP contribution in [0, 0.1) is 5.92 Å². The summed E-state index contributed by atoms with van der Waals surface area (Å²) in [5, 5.41) is 9.47. The van der Waals surface area contributed by atoms with Gasteiger partial charge in [0.25, 0.3) is 0 Å². The summed E-state index contributed by atoms with van der Waals surface area (Å²) in [6.45, 7) is 0.296. The van der Waals surface area contributed by atoms with Gasteiger partial charge in [0.15, 0.2) is 0 Å². The van der Waals surface area contributed by atoms with Gasteiger partial charge in [0.1, 0.15) is 23.4 Å². The first kappa shape index (κ1) is 21.2. The Kier molecular flexibility index (Phi) is 4.72. The van der Waals surface area contributed by atoms with Gasteiger partial charge in [-0.15, -0.1) is 0 Å². The molecular weight excluding hydrogens is 452 g/mol. The standard InChI is InChI=1S/C26H24N2O5S/c1-27-25(11-16-7-8-16)28(19-5-3-2-4-6-19)22-14-23-21(13-24(22)34(27,31)32)20-12-17(26(29)30)9-10-18(20)15-33-23/h2-6,9-10,12-14,16,25H,7-8,11,15H2,1H3,(H,29,30)/t25-/m0/s1. The first-order chi connectivity index (χ1) is 16.3. The molecule has 3 aromatic carbocycles. The van der Waals surface area contributed by atoms with Crippen LogP contribution in [0.4, 0.5) is 11.4 Å². The first-order valence-electron chi connectivity index (χ1n) is 11.3. The molecule has 3 aromatic rings. The van der Waals surface area contributed by atoms with Gasteiger partial charge in [-0.3, -0.25) is 0 Å². The van der Waals surface area contributed by atoms with Crippen molar-refractivity contribution in [3.05, 3.63) is 71.8 Å². The zero-order valence-electron chi connectivity index (χ0n) is 18.6. The lowest BCUT2D eigenvalue weighted by atomic mass is 9.94. The average molecular weight is 477 g/mol. The van der Waals surface area contributed by atoms with Crippen LogP contribution in [-0.4, -0.2) is 37.0 Å². The van der Waals surface area contributed by atoms with Crippen molar-refractivity contribution in [3.63, 3.8) is 0 Å². The zero-order chi connectivity index (χ0) is 23.6. The number of fused-ring (bicyclic) bond motifs is 4. The van der Waals surface area contributed by atoms with E-state index in [4.69, 9.17) is 4.74 Å². The SMILES string of the molecule is CN1[C@H](CC2CC2)N(c2ccccc2)c2cc3c(cc2S1(=O)=O)-c1cc(C(=O)O)ccc1CO3. The Hall–Kier alpha value is -3.36. The van der Waals surface area contributed by atoms with Crippen molar-refractivity contribution in [2.45, 2.75) is 36.9 Å². The van der Waals surface area contributed by atoms with Crippen molar-refractivity contribution in [3.8, 4) is 16.9 Å². The molecule has 0 spiro atoms. The fraction of sp³-hybridized carbons (Fsp3) is 0.269. The number of rotatable bonds is 4.